The molecule has 5 heterocycles. The predicted octanol–water partition coefficient (Wildman–Crippen LogP) is 3.13. The summed E-state index contributed by atoms with van der Waals surface area (Å²) < 4.78 is 19.4. The number of likely N-dealkylation sites (N-methyl/N-ethyl adjacent to an activating group) is 1. The average molecular weight is 462 g/mol. The molecule has 2 fully saturated rings. The molecule has 0 spiro atoms. The van der Waals surface area contributed by atoms with Crippen molar-refractivity contribution in [1.82, 2.24) is 24.8 Å². The molecule has 0 radical (unpaired) electrons. The van der Waals surface area contributed by atoms with Crippen LogP contribution in [0.3, 0.4) is 0 Å². The number of rotatable bonds is 5. The number of benzene rings is 1. The molecule has 6 rings (SSSR count). The molecule has 0 aliphatic carbocycles. The van der Waals surface area contributed by atoms with Crippen LogP contribution in [0.4, 0.5) is 33.3 Å². The standard InChI is InChI=1S/C23H23FN8O2/c1-12-5-14(8-25-21(12)32-11-15-7-16(32)10-31(15)2)28-22-26-9-17(24)20(30-22)27-13-3-4-19-18(6-13)29-23(33)34-19/h3-6,8-9,15-16H,7,10-11H2,1-2H3,(H,29,33)(H2,26,27,28,30)/t15-,16-/m0/s1. The first-order valence-electron chi connectivity index (χ1n) is 11.1. The fourth-order valence-electron chi connectivity index (χ4n) is 4.87. The molecule has 11 heteroatoms. The number of hydrogen-bond donors (Lipinski definition) is 3. The molecule has 174 valence electrons. The lowest BCUT2D eigenvalue weighted by Crippen LogP contribution is -2.45. The Balaban J connectivity index is 1.20. The second kappa shape index (κ2) is 7.80. The minimum Gasteiger partial charge on any atom is -0.408 e. The summed E-state index contributed by atoms with van der Waals surface area (Å²) in [6, 6.07) is 8.03. The van der Waals surface area contributed by atoms with Crippen molar-refractivity contribution in [2.24, 2.45) is 0 Å². The molecule has 2 bridgehead atoms. The van der Waals surface area contributed by atoms with Gasteiger partial charge in [-0.1, -0.05) is 0 Å². The number of nitrogens with zero attached hydrogens (tertiary/aromatic N) is 5. The third kappa shape index (κ3) is 3.63. The highest BCUT2D eigenvalue weighted by Gasteiger charge is 2.42. The molecule has 2 saturated heterocycles. The van der Waals surface area contributed by atoms with Crippen LogP contribution in [0.1, 0.15) is 12.0 Å². The number of fused-ring (bicyclic) bond motifs is 3. The summed E-state index contributed by atoms with van der Waals surface area (Å²) in [7, 11) is 2.18. The van der Waals surface area contributed by atoms with E-state index in [-0.39, 0.29) is 11.8 Å². The first-order chi connectivity index (χ1) is 16.4. The molecule has 1 aromatic carbocycles. The van der Waals surface area contributed by atoms with Gasteiger partial charge in [0.25, 0.3) is 0 Å². The quantitative estimate of drug-likeness (QED) is 0.411. The van der Waals surface area contributed by atoms with Crippen LogP contribution in [0, 0.1) is 12.7 Å². The van der Waals surface area contributed by atoms with E-state index in [1.54, 1.807) is 24.4 Å². The summed E-state index contributed by atoms with van der Waals surface area (Å²) in [6.45, 7) is 4.10. The average Bonchev–Trinajstić information content (AvgIpc) is 3.48. The van der Waals surface area contributed by atoms with Crippen LogP contribution in [-0.4, -0.2) is 57.1 Å². The number of halogens is 1. The lowest BCUT2D eigenvalue weighted by atomic mass is 10.2. The highest BCUT2D eigenvalue weighted by atomic mass is 19.1. The Morgan fingerprint density at radius 1 is 1.12 bits per heavy atom. The lowest BCUT2D eigenvalue weighted by Gasteiger charge is -2.33. The maximum Gasteiger partial charge on any atom is 0.417 e. The molecule has 4 aromatic rings. The minimum atomic E-state index is -0.606. The van der Waals surface area contributed by atoms with Gasteiger partial charge in [0.2, 0.25) is 5.95 Å². The molecule has 0 amide bonds. The molecular formula is C23H23FN8O2. The summed E-state index contributed by atoms with van der Waals surface area (Å²) >= 11 is 0. The van der Waals surface area contributed by atoms with Crippen LogP contribution < -0.4 is 21.3 Å². The van der Waals surface area contributed by atoms with E-state index < -0.39 is 11.6 Å². The highest BCUT2D eigenvalue weighted by Crippen LogP contribution is 2.34. The van der Waals surface area contributed by atoms with Crippen molar-refractivity contribution in [1.29, 1.82) is 0 Å². The molecule has 0 unspecified atom stereocenters. The number of nitrogens with one attached hydrogen (secondary N) is 3. The van der Waals surface area contributed by atoms with Gasteiger partial charge >= 0.3 is 5.76 Å². The zero-order valence-corrected chi connectivity index (χ0v) is 18.7. The van der Waals surface area contributed by atoms with E-state index >= 15 is 0 Å². The van der Waals surface area contributed by atoms with Crippen molar-refractivity contribution < 1.29 is 8.81 Å². The smallest absolute Gasteiger partial charge is 0.408 e. The van der Waals surface area contributed by atoms with Crippen LogP contribution >= 0.6 is 0 Å². The predicted molar refractivity (Wildman–Crippen MR) is 127 cm³/mol. The Morgan fingerprint density at radius 2 is 2.00 bits per heavy atom. The summed E-state index contributed by atoms with van der Waals surface area (Å²) in [5.41, 5.74) is 3.24. The van der Waals surface area contributed by atoms with E-state index in [1.165, 1.54) is 6.42 Å². The normalized spacial score (nSPS) is 19.8. The maximum absolute atomic E-state index is 14.4. The molecule has 34 heavy (non-hydrogen) atoms. The molecule has 10 nitrogen and oxygen atoms in total. The summed E-state index contributed by atoms with van der Waals surface area (Å²) in [5.74, 6) is 0.0799. The van der Waals surface area contributed by atoms with Crippen molar-refractivity contribution >= 4 is 40.1 Å². The molecular weight excluding hydrogens is 439 g/mol. The first-order valence-corrected chi connectivity index (χ1v) is 11.1. The number of pyridine rings is 1. The van der Waals surface area contributed by atoms with Crippen LogP contribution in [0.2, 0.25) is 0 Å². The number of aromatic nitrogens is 4. The number of oxazole rings is 1. The SMILES string of the molecule is Cc1cc(Nc2ncc(F)c(Nc3ccc4oc(=O)[nH]c4c3)n2)cnc1N1C[C@@H]2C[C@H]1CN2C. The van der Waals surface area contributed by atoms with E-state index in [2.05, 4.69) is 42.4 Å². The Bertz CT molecular complexity index is 1450. The Hall–Kier alpha value is -3.99. The van der Waals surface area contributed by atoms with Gasteiger partial charge < -0.3 is 20.0 Å². The van der Waals surface area contributed by atoms with Crippen molar-refractivity contribution in [2.75, 3.05) is 35.7 Å². The Morgan fingerprint density at radius 3 is 2.76 bits per heavy atom. The number of piperazine rings is 1. The van der Waals surface area contributed by atoms with Crippen LogP contribution in [0.15, 0.2) is 45.9 Å². The van der Waals surface area contributed by atoms with E-state index in [4.69, 9.17) is 9.40 Å². The zero-order chi connectivity index (χ0) is 23.4. The largest absolute Gasteiger partial charge is 0.417 e. The fraction of sp³-hybridized carbons (Fsp3) is 0.304. The second-order valence-corrected chi connectivity index (χ2v) is 8.87. The first kappa shape index (κ1) is 20.6. The molecule has 3 N–H and O–H groups in total. The number of aromatic amines is 1. The minimum absolute atomic E-state index is 0.00112. The number of aryl methyl sites for hydroxylation is 1. The Labute approximate surface area is 193 Å². The number of likely N-dealkylation sites (tertiary alicyclic amines) is 1. The highest BCUT2D eigenvalue weighted by molar-refractivity contribution is 5.78. The second-order valence-electron chi connectivity index (χ2n) is 8.87. The summed E-state index contributed by atoms with van der Waals surface area (Å²) in [4.78, 5) is 31.8. The summed E-state index contributed by atoms with van der Waals surface area (Å²) in [5, 5.41) is 6.03. The molecule has 2 atom stereocenters. The van der Waals surface area contributed by atoms with Gasteiger partial charge in [-0.05, 0) is 50.2 Å². The van der Waals surface area contributed by atoms with Gasteiger partial charge in [-0.25, -0.2) is 19.2 Å². The van der Waals surface area contributed by atoms with Crippen LogP contribution in [0.25, 0.3) is 11.1 Å². The van der Waals surface area contributed by atoms with E-state index in [0.29, 0.717) is 28.9 Å². The van der Waals surface area contributed by atoms with Gasteiger partial charge in [0.1, 0.15) is 5.82 Å². The number of anilines is 5. The van der Waals surface area contributed by atoms with Crippen molar-refractivity contribution in [3.05, 3.63) is 58.6 Å². The molecule has 3 aromatic heterocycles. The van der Waals surface area contributed by atoms with Crippen LogP contribution in [-0.2, 0) is 0 Å². The number of hydrogen-bond acceptors (Lipinski definition) is 9. The third-order valence-corrected chi connectivity index (χ3v) is 6.52. The van der Waals surface area contributed by atoms with Gasteiger partial charge in [0, 0.05) is 30.9 Å². The third-order valence-electron chi connectivity index (χ3n) is 6.52. The van der Waals surface area contributed by atoms with Gasteiger partial charge in [-0.2, -0.15) is 4.98 Å². The fourth-order valence-corrected chi connectivity index (χ4v) is 4.87. The number of H-pyrrole nitrogens is 1. The van der Waals surface area contributed by atoms with E-state index in [9.17, 15) is 9.18 Å². The van der Waals surface area contributed by atoms with Crippen molar-refractivity contribution in [3.8, 4) is 0 Å². The maximum atomic E-state index is 14.4. The molecule has 0 saturated carbocycles. The lowest BCUT2D eigenvalue weighted by molar-refractivity contribution is 0.292. The van der Waals surface area contributed by atoms with Gasteiger partial charge in [0.05, 0.1) is 23.6 Å². The van der Waals surface area contributed by atoms with Crippen molar-refractivity contribution in [2.45, 2.75) is 25.4 Å². The summed E-state index contributed by atoms with van der Waals surface area (Å²) in [6.07, 6.45) is 4.03. The van der Waals surface area contributed by atoms with E-state index in [0.717, 1.165) is 36.4 Å². The Kier molecular flexibility index (Phi) is 4.73. The van der Waals surface area contributed by atoms with E-state index in [1.807, 2.05) is 13.0 Å². The molecule has 2 aliphatic heterocycles. The van der Waals surface area contributed by atoms with Crippen molar-refractivity contribution in [3.63, 3.8) is 0 Å². The van der Waals surface area contributed by atoms with Gasteiger partial charge in [-0.15, -0.1) is 0 Å². The topological polar surface area (TPSA) is 115 Å². The van der Waals surface area contributed by atoms with Gasteiger partial charge in [-0.3, -0.25) is 9.88 Å². The van der Waals surface area contributed by atoms with Crippen LogP contribution in [0.5, 0.6) is 0 Å². The molecule has 2 aliphatic rings. The zero-order valence-electron chi connectivity index (χ0n) is 18.7. The monoisotopic (exact) mass is 462 g/mol. The van der Waals surface area contributed by atoms with Gasteiger partial charge in [0.15, 0.2) is 17.2 Å².